The Kier molecular flexibility index (Phi) is 4.66. The minimum atomic E-state index is 0.576. The number of rotatable bonds is 6. The molecule has 2 aliphatic rings. The highest BCUT2D eigenvalue weighted by Crippen LogP contribution is 2.51. The highest BCUT2D eigenvalue weighted by Gasteiger charge is 2.40. The molecule has 0 amide bonds. The Morgan fingerprint density at radius 3 is 2.89 bits per heavy atom. The molecule has 1 nitrogen and oxygen atoms in total. The zero-order chi connectivity index (χ0) is 13.2. The SMILES string of the molecule is CCCNC(CC1CC2CCC1C2)c1csc(Br)c1. The van der Waals surface area contributed by atoms with Crippen LogP contribution in [0.1, 0.15) is 57.1 Å². The average Bonchev–Trinajstić information content (AvgIpc) is 3.10. The highest BCUT2D eigenvalue weighted by atomic mass is 79.9. The van der Waals surface area contributed by atoms with Crippen LogP contribution in [0.4, 0.5) is 0 Å². The molecule has 1 aromatic rings. The van der Waals surface area contributed by atoms with Gasteiger partial charge in [0.2, 0.25) is 0 Å². The highest BCUT2D eigenvalue weighted by molar-refractivity contribution is 9.11. The molecule has 2 fully saturated rings. The van der Waals surface area contributed by atoms with Gasteiger partial charge < -0.3 is 5.32 Å². The van der Waals surface area contributed by atoms with E-state index in [1.165, 1.54) is 47.9 Å². The number of hydrogen-bond donors (Lipinski definition) is 1. The topological polar surface area (TPSA) is 12.0 Å². The number of thiophene rings is 1. The smallest absolute Gasteiger partial charge is 0.0701 e. The van der Waals surface area contributed by atoms with E-state index in [-0.39, 0.29) is 0 Å². The lowest BCUT2D eigenvalue weighted by molar-refractivity contribution is 0.279. The van der Waals surface area contributed by atoms with Crippen molar-refractivity contribution in [3.05, 3.63) is 20.8 Å². The number of nitrogens with one attached hydrogen (secondary N) is 1. The van der Waals surface area contributed by atoms with Crippen molar-refractivity contribution in [1.82, 2.24) is 5.32 Å². The van der Waals surface area contributed by atoms with Gasteiger partial charge in [-0.1, -0.05) is 13.3 Å². The molecule has 3 rings (SSSR count). The van der Waals surface area contributed by atoms with Crippen molar-refractivity contribution in [2.45, 2.75) is 51.5 Å². The summed E-state index contributed by atoms with van der Waals surface area (Å²) in [5, 5.41) is 6.10. The monoisotopic (exact) mass is 341 g/mol. The molecule has 4 unspecified atom stereocenters. The minimum Gasteiger partial charge on any atom is -0.310 e. The summed E-state index contributed by atoms with van der Waals surface area (Å²) in [7, 11) is 0. The van der Waals surface area contributed by atoms with Gasteiger partial charge in [0.1, 0.15) is 0 Å². The Balaban J connectivity index is 1.65. The minimum absolute atomic E-state index is 0.576. The molecule has 4 atom stereocenters. The van der Waals surface area contributed by atoms with Gasteiger partial charge in [-0.2, -0.15) is 0 Å². The molecule has 19 heavy (non-hydrogen) atoms. The van der Waals surface area contributed by atoms with E-state index in [4.69, 9.17) is 0 Å². The van der Waals surface area contributed by atoms with E-state index < -0.39 is 0 Å². The maximum Gasteiger partial charge on any atom is 0.0701 e. The van der Waals surface area contributed by atoms with Gasteiger partial charge in [0.25, 0.3) is 0 Å². The maximum atomic E-state index is 3.77. The molecule has 2 aliphatic carbocycles. The third-order valence-corrected chi connectivity index (χ3v) is 6.58. The first-order valence-electron chi connectivity index (χ1n) is 7.73. The molecule has 3 heteroatoms. The van der Waals surface area contributed by atoms with Gasteiger partial charge in [0.15, 0.2) is 0 Å². The molecular formula is C16H24BrNS. The van der Waals surface area contributed by atoms with Crippen LogP contribution in [0.5, 0.6) is 0 Å². The summed E-state index contributed by atoms with van der Waals surface area (Å²) < 4.78 is 1.26. The standard InChI is InChI=1S/C16H24BrNS/c1-2-5-18-15(14-9-16(17)19-10-14)8-13-7-11-3-4-12(13)6-11/h9-13,15,18H,2-8H2,1H3. The quantitative estimate of drug-likeness (QED) is 0.732. The summed E-state index contributed by atoms with van der Waals surface area (Å²) in [4.78, 5) is 0. The van der Waals surface area contributed by atoms with E-state index in [0.29, 0.717) is 6.04 Å². The second kappa shape index (κ2) is 6.28. The molecule has 0 radical (unpaired) electrons. The Hall–Kier alpha value is 0.140. The molecule has 106 valence electrons. The van der Waals surface area contributed by atoms with Gasteiger partial charge >= 0.3 is 0 Å². The number of hydrogen-bond acceptors (Lipinski definition) is 2. The summed E-state index contributed by atoms with van der Waals surface area (Å²) in [5.74, 6) is 3.08. The first-order valence-corrected chi connectivity index (χ1v) is 9.40. The van der Waals surface area contributed by atoms with Crippen LogP contribution in [0.2, 0.25) is 0 Å². The van der Waals surface area contributed by atoms with Crippen LogP contribution in [0.3, 0.4) is 0 Å². The first-order chi connectivity index (χ1) is 9.26. The fraction of sp³-hybridized carbons (Fsp3) is 0.750. The lowest BCUT2D eigenvalue weighted by Crippen LogP contribution is -2.26. The fourth-order valence-electron chi connectivity index (χ4n) is 4.13. The van der Waals surface area contributed by atoms with Crippen molar-refractivity contribution >= 4 is 27.3 Å². The summed E-state index contributed by atoms with van der Waals surface area (Å²) in [6.45, 7) is 3.39. The van der Waals surface area contributed by atoms with Crippen molar-refractivity contribution in [2.75, 3.05) is 6.54 Å². The van der Waals surface area contributed by atoms with E-state index >= 15 is 0 Å². The van der Waals surface area contributed by atoms with Gasteiger partial charge in [-0.3, -0.25) is 0 Å². The lowest BCUT2D eigenvalue weighted by Gasteiger charge is -2.27. The van der Waals surface area contributed by atoms with Gasteiger partial charge in [-0.05, 0) is 89.3 Å². The molecule has 0 spiro atoms. The van der Waals surface area contributed by atoms with Crippen LogP contribution in [0.15, 0.2) is 15.2 Å². The van der Waals surface area contributed by atoms with Crippen molar-refractivity contribution in [1.29, 1.82) is 0 Å². The van der Waals surface area contributed by atoms with Crippen LogP contribution >= 0.6 is 27.3 Å². The second-order valence-electron chi connectivity index (χ2n) is 6.36. The van der Waals surface area contributed by atoms with Crippen molar-refractivity contribution in [2.24, 2.45) is 17.8 Å². The van der Waals surface area contributed by atoms with Crippen LogP contribution in [-0.2, 0) is 0 Å². The van der Waals surface area contributed by atoms with E-state index in [1.807, 2.05) is 11.3 Å². The van der Waals surface area contributed by atoms with E-state index in [9.17, 15) is 0 Å². The molecule has 0 aromatic carbocycles. The normalized spacial score (nSPS) is 30.9. The molecule has 0 aliphatic heterocycles. The summed E-state index contributed by atoms with van der Waals surface area (Å²) in [6, 6.07) is 2.89. The Morgan fingerprint density at radius 1 is 1.42 bits per heavy atom. The second-order valence-corrected chi connectivity index (χ2v) is 8.65. The van der Waals surface area contributed by atoms with E-state index in [2.05, 4.69) is 39.6 Å². The Labute approximate surface area is 129 Å². The first kappa shape index (κ1) is 14.1. The predicted molar refractivity (Wildman–Crippen MR) is 86.6 cm³/mol. The predicted octanol–water partition coefficient (Wildman–Crippen LogP) is 5.38. The van der Waals surface area contributed by atoms with Crippen LogP contribution in [0, 0.1) is 17.8 Å². The zero-order valence-corrected chi connectivity index (χ0v) is 14.1. The van der Waals surface area contributed by atoms with Crippen molar-refractivity contribution in [3.63, 3.8) is 0 Å². The summed E-state index contributed by atoms with van der Waals surface area (Å²) in [5.41, 5.74) is 1.49. The van der Waals surface area contributed by atoms with Gasteiger partial charge in [0, 0.05) is 6.04 Å². The molecule has 2 bridgehead atoms. The maximum absolute atomic E-state index is 3.77. The number of fused-ring (bicyclic) bond motifs is 2. The van der Waals surface area contributed by atoms with Crippen LogP contribution in [-0.4, -0.2) is 6.54 Å². The molecule has 1 N–H and O–H groups in total. The number of halogens is 1. The zero-order valence-electron chi connectivity index (χ0n) is 11.7. The Morgan fingerprint density at radius 2 is 2.32 bits per heavy atom. The third-order valence-electron chi connectivity index (χ3n) is 5.05. The van der Waals surface area contributed by atoms with Crippen LogP contribution in [0.25, 0.3) is 0 Å². The van der Waals surface area contributed by atoms with Crippen molar-refractivity contribution in [3.8, 4) is 0 Å². The molecule has 2 saturated carbocycles. The van der Waals surface area contributed by atoms with E-state index in [1.54, 1.807) is 0 Å². The molecule has 0 saturated heterocycles. The average molecular weight is 342 g/mol. The molecule has 1 heterocycles. The molecular weight excluding hydrogens is 318 g/mol. The molecule has 1 aromatic heterocycles. The van der Waals surface area contributed by atoms with Crippen LogP contribution < -0.4 is 5.32 Å². The fourth-order valence-corrected chi connectivity index (χ4v) is 5.36. The van der Waals surface area contributed by atoms with Gasteiger partial charge in [-0.25, -0.2) is 0 Å². The third kappa shape index (κ3) is 3.25. The summed E-state index contributed by atoms with van der Waals surface area (Å²) in [6.07, 6.45) is 8.61. The van der Waals surface area contributed by atoms with Gasteiger partial charge in [0.05, 0.1) is 3.79 Å². The summed E-state index contributed by atoms with van der Waals surface area (Å²) >= 11 is 5.42. The van der Waals surface area contributed by atoms with Crippen molar-refractivity contribution < 1.29 is 0 Å². The lowest BCUT2D eigenvalue weighted by atomic mass is 9.83. The largest absolute Gasteiger partial charge is 0.310 e. The Bertz CT molecular complexity index is 417. The van der Waals surface area contributed by atoms with E-state index in [0.717, 1.165) is 24.3 Å². The van der Waals surface area contributed by atoms with Gasteiger partial charge in [-0.15, -0.1) is 11.3 Å².